The Hall–Kier alpha value is -1.56. The van der Waals surface area contributed by atoms with Gasteiger partial charge < -0.3 is 13.9 Å². The normalized spacial score (nSPS) is 16.6. The van der Waals surface area contributed by atoms with E-state index >= 15 is 0 Å². The summed E-state index contributed by atoms with van der Waals surface area (Å²) < 4.78 is 8.02. The van der Waals surface area contributed by atoms with Crippen molar-refractivity contribution in [1.29, 1.82) is 0 Å². The molecule has 1 fully saturated rings. The fourth-order valence-electron chi connectivity index (χ4n) is 2.60. The number of amides is 1. The maximum Gasteiger partial charge on any atom is 0.289 e. The maximum absolute atomic E-state index is 12.2. The van der Waals surface area contributed by atoms with Gasteiger partial charge in [-0.3, -0.25) is 4.79 Å². The van der Waals surface area contributed by atoms with Crippen LogP contribution in [0.3, 0.4) is 0 Å². The molecular weight excluding hydrogens is 322 g/mol. The average molecular weight is 338 g/mol. The van der Waals surface area contributed by atoms with Crippen molar-refractivity contribution in [2.45, 2.75) is 19.4 Å². The van der Waals surface area contributed by atoms with Crippen molar-refractivity contribution in [3.05, 3.63) is 41.3 Å². The summed E-state index contributed by atoms with van der Waals surface area (Å²) in [6, 6.07) is 3.46. The average Bonchev–Trinajstić information content (AvgIpc) is 3.10. The zero-order chi connectivity index (χ0) is 13.9. The quantitative estimate of drug-likeness (QED) is 0.865. The van der Waals surface area contributed by atoms with Gasteiger partial charge in [0, 0.05) is 32.0 Å². The third-order valence-corrected chi connectivity index (χ3v) is 4.14. The fourth-order valence-corrected chi connectivity index (χ4v) is 2.90. The molecule has 106 valence electrons. The molecule has 0 N–H and O–H groups in total. The number of piperidine rings is 1. The van der Waals surface area contributed by atoms with Gasteiger partial charge in [0.1, 0.15) is 0 Å². The fraction of sp³-hybridized carbons (Fsp3) is 0.429. The molecule has 0 unspecified atom stereocenters. The standard InChI is InChI=1S/C14H16BrN3O2/c15-13-2-1-12(20-13)14(19)18-6-3-11(4-7-18)9-17-8-5-16-10-17/h1-2,5,8,10-11H,3-4,6-7,9H2. The van der Waals surface area contributed by atoms with Gasteiger partial charge in [0.25, 0.3) is 5.91 Å². The molecule has 0 bridgehead atoms. The van der Waals surface area contributed by atoms with Crippen molar-refractivity contribution in [3.63, 3.8) is 0 Å². The number of carbonyl (C=O) groups excluding carboxylic acids is 1. The van der Waals surface area contributed by atoms with E-state index in [0.29, 0.717) is 16.3 Å². The third-order valence-electron chi connectivity index (χ3n) is 3.71. The van der Waals surface area contributed by atoms with Crippen molar-refractivity contribution < 1.29 is 9.21 Å². The second-order valence-electron chi connectivity index (χ2n) is 5.10. The Balaban J connectivity index is 1.54. The first kappa shape index (κ1) is 13.4. The van der Waals surface area contributed by atoms with Gasteiger partial charge in [0.15, 0.2) is 10.4 Å². The predicted octanol–water partition coefficient (Wildman–Crippen LogP) is 2.79. The summed E-state index contributed by atoms with van der Waals surface area (Å²) in [5, 5.41) is 0. The second-order valence-corrected chi connectivity index (χ2v) is 5.88. The SMILES string of the molecule is O=C(c1ccc(Br)o1)N1CCC(Cn2ccnc2)CC1. The predicted molar refractivity (Wildman–Crippen MR) is 77.3 cm³/mol. The molecule has 6 heteroatoms. The van der Waals surface area contributed by atoms with Crippen LogP contribution in [0.1, 0.15) is 23.4 Å². The minimum absolute atomic E-state index is 0.0169. The lowest BCUT2D eigenvalue weighted by molar-refractivity contribution is 0.0649. The number of nitrogens with zero attached hydrogens (tertiary/aromatic N) is 3. The van der Waals surface area contributed by atoms with Gasteiger partial charge in [-0.1, -0.05) is 0 Å². The highest BCUT2D eigenvalue weighted by Gasteiger charge is 2.25. The summed E-state index contributed by atoms with van der Waals surface area (Å²) >= 11 is 3.22. The van der Waals surface area contributed by atoms with Gasteiger partial charge in [-0.05, 0) is 46.8 Å². The molecule has 1 aliphatic heterocycles. The molecule has 0 spiro atoms. The molecule has 0 atom stereocenters. The van der Waals surface area contributed by atoms with Crippen molar-refractivity contribution in [3.8, 4) is 0 Å². The van der Waals surface area contributed by atoms with E-state index in [1.807, 2.05) is 17.4 Å². The van der Waals surface area contributed by atoms with Gasteiger partial charge in [0.05, 0.1) is 6.33 Å². The topological polar surface area (TPSA) is 51.3 Å². The van der Waals surface area contributed by atoms with E-state index in [1.165, 1.54) is 0 Å². The van der Waals surface area contributed by atoms with Crippen molar-refractivity contribution in [2.75, 3.05) is 13.1 Å². The van der Waals surface area contributed by atoms with Crippen LogP contribution in [0.4, 0.5) is 0 Å². The summed E-state index contributed by atoms with van der Waals surface area (Å²) in [5.74, 6) is 0.998. The molecule has 2 aromatic rings. The van der Waals surface area contributed by atoms with Crippen LogP contribution in [0.2, 0.25) is 0 Å². The van der Waals surface area contributed by atoms with Crippen LogP contribution in [-0.2, 0) is 6.54 Å². The Kier molecular flexibility index (Phi) is 3.91. The molecule has 3 heterocycles. The Morgan fingerprint density at radius 2 is 2.20 bits per heavy atom. The first-order valence-corrected chi connectivity index (χ1v) is 7.52. The number of carbonyl (C=O) groups is 1. The summed E-state index contributed by atoms with van der Waals surface area (Å²) in [7, 11) is 0. The van der Waals surface area contributed by atoms with E-state index in [4.69, 9.17) is 4.42 Å². The molecule has 1 saturated heterocycles. The Morgan fingerprint density at radius 3 is 2.80 bits per heavy atom. The molecule has 0 radical (unpaired) electrons. The van der Waals surface area contributed by atoms with Gasteiger partial charge in [0.2, 0.25) is 0 Å². The van der Waals surface area contributed by atoms with E-state index in [0.717, 1.165) is 32.5 Å². The van der Waals surface area contributed by atoms with E-state index in [9.17, 15) is 4.79 Å². The summed E-state index contributed by atoms with van der Waals surface area (Å²) in [6.45, 7) is 2.56. The summed E-state index contributed by atoms with van der Waals surface area (Å²) in [5.41, 5.74) is 0. The Labute approximate surface area is 125 Å². The lowest BCUT2D eigenvalue weighted by Crippen LogP contribution is -2.39. The van der Waals surface area contributed by atoms with Crippen LogP contribution in [-0.4, -0.2) is 33.4 Å². The molecule has 1 aliphatic rings. The first-order valence-electron chi connectivity index (χ1n) is 6.73. The van der Waals surface area contributed by atoms with E-state index in [2.05, 4.69) is 25.5 Å². The molecule has 1 amide bonds. The highest BCUT2D eigenvalue weighted by atomic mass is 79.9. The zero-order valence-electron chi connectivity index (χ0n) is 11.0. The molecule has 2 aromatic heterocycles. The second kappa shape index (κ2) is 5.83. The number of halogens is 1. The number of aromatic nitrogens is 2. The lowest BCUT2D eigenvalue weighted by Gasteiger charge is -2.31. The van der Waals surface area contributed by atoms with Crippen LogP contribution in [0.15, 0.2) is 39.9 Å². The van der Waals surface area contributed by atoms with Crippen LogP contribution < -0.4 is 0 Å². The number of hydrogen-bond acceptors (Lipinski definition) is 3. The minimum atomic E-state index is -0.0169. The summed E-state index contributed by atoms with van der Waals surface area (Å²) in [4.78, 5) is 18.2. The zero-order valence-corrected chi connectivity index (χ0v) is 12.6. The molecular formula is C14H16BrN3O2. The van der Waals surface area contributed by atoms with Gasteiger partial charge in [-0.2, -0.15) is 0 Å². The highest BCUT2D eigenvalue weighted by molar-refractivity contribution is 9.10. The number of hydrogen-bond donors (Lipinski definition) is 0. The highest BCUT2D eigenvalue weighted by Crippen LogP contribution is 2.22. The largest absolute Gasteiger partial charge is 0.444 e. The molecule has 20 heavy (non-hydrogen) atoms. The number of rotatable bonds is 3. The van der Waals surface area contributed by atoms with Crippen molar-refractivity contribution in [2.24, 2.45) is 5.92 Å². The minimum Gasteiger partial charge on any atom is -0.444 e. The van der Waals surface area contributed by atoms with E-state index in [1.54, 1.807) is 18.3 Å². The van der Waals surface area contributed by atoms with Crippen LogP contribution >= 0.6 is 15.9 Å². The molecule has 0 aromatic carbocycles. The van der Waals surface area contributed by atoms with E-state index in [-0.39, 0.29) is 5.91 Å². The monoisotopic (exact) mass is 337 g/mol. The van der Waals surface area contributed by atoms with Crippen molar-refractivity contribution >= 4 is 21.8 Å². The van der Waals surface area contributed by atoms with Crippen LogP contribution in [0.5, 0.6) is 0 Å². The van der Waals surface area contributed by atoms with E-state index < -0.39 is 0 Å². The van der Waals surface area contributed by atoms with Gasteiger partial charge >= 0.3 is 0 Å². The number of furan rings is 1. The summed E-state index contributed by atoms with van der Waals surface area (Å²) in [6.07, 6.45) is 7.67. The maximum atomic E-state index is 12.2. The molecule has 5 nitrogen and oxygen atoms in total. The Morgan fingerprint density at radius 1 is 1.40 bits per heavy atom. The van der Waals surface area contributed by atoms with Gasteiger partial charge in [-0.15, -0.1) is 0 Å². The molecule has 0 aliphatic carbocycles. The van der Waals surface area contributed by atoms with Crippen molar-refractivity contribution in [1.82, 2.24) is 14.5 Å². The smallest absolute Gasteiger partial charge is 0.289 e. The third kappa shape index (κ3) is 2.95. The lowest BCUT2D eigenvalue weighted by atomic mass is 9.96. The molecule has 0 saturated carbocycles. The number of likely N-dealkylation sites (tertiary alicyclic amines) is 1. The van der Waals surface area contributed by atoms with Crippen LogP contribution in [0.25, 0.3) is 0 Å². The van der Waals surface area contributed by atoms with Gasteiger partial charge in [-0.25, -0.2) is 4.98 Å². The first-order chi connectivity index (χ1) is 9.72. The van der Waals surface area contributed by atoms with Crippen LogP contribution in [0, 0.1) is 5.92 Å². The molecule has 3 rings (SSSR count). The number of imidazole rings is 1. The Bertz CT molecular complexity index is 571.